The minimum atomic E-state index is -3.93. The van der Waals surface area contributed by atoms with Crippen LogP contribution in [0.1, 0.15) is 92.6 Å². The molecule has 2 aromatic rings. The average molecular weight is 729 g/mol. The fourth-order valence-electron chi connectivity index (χ4n) is 7.43. The van der Waals surface area contributed by atoms with Gasteiger partial charge in [-0.2, -0.15) is 12.6 Å². The minimum Gasteiger partial charge on any atom is -0.491 e. The summed E-state index contributed by atoms with van der Waals surface area (Å²) in [5.74, 6) is 1.35. The number of nitrogens with zero attached hydrogens (tertiary/aromatic N) is 1. The fraction of sp³-hybridized carbons (Fsp3) is 0.564. The molecule has 49 heavy (non-hydrogen) atoms. The van der Waals surface area contributed by atoms with Crippen molar-refractivity contribution in [3.63, 3.8) is 0 Å². The van der Waals surface area contributed by atoms with Crippen LogP contribution in [-0.4, -0.2) is 56.2 Å². The third-order valence-corrected chi connectivity index (χ3v) is 13.0. The highest BCUT2D eigenvalue weighted by atomic mass is 35.5. The number of aryl methyl sites for hydroxylation is 1. The van der Waals surface area contributed by atoms with Gasteiger partial charge in [0.1, 0.15) is 5.75 Å². The van der Waals surface area contributed by atoms with Crippen LogP contribution < -0.4 is 14.4 Å². The number of fused-ring (bicyclic) bond motifs is 1. The molecular formula is C39H53ClN2O5S2. The van der Waals surface area contributed by atoms with Gasteiger partial charge in [0.2, 0.25) is 10.0 Å². The Kier molecular flexibility index (Phi) is 13.2. The lowest BCUT2D eigenvalue weighted by Crippen LogP contribution is -2.44. The SMILES string of the molecule is C=CC[C@H](C)C(CC1CC1)S(=O)(=O)NC(=O)c1ccc2c(c1)N(CC1CCC1C(O)/C=C/CCC)CC(c1ccc(Cl)cc1CCS)CO2. The number of anilines is 1. The standard InChI is InChI=1S/C39H53ClN2O5S2/c1-4-6-7-9-36(43)34-15-12-30(34)23-42-24-31(33-16-14-32(40)21-28(33)18-19-48)25-47-37-17-13-29(22-35(37)42)39(44)41-49(45,46)38(20-27-10-11-27)26(3)8-5-2/h5,7,9,13-14,16-17,21-22,26-27,30-31,34,36,38,43,48H,2,4,6,8,10-12,15,18-20,23-25H2,1,3H3,(H,41,44)/b9-7+/t26-,30?,31?,34?,36?,38?/m0/s1. The van der Waals surface area contributed by atoms with Crippen LogP contribution >= 0.6 is 24.2 Å². The number of carbonyl (C=O) groups excluding carboxylic acids is 1. The summed E-state index contributed by atoms with van der Waals surface area (Å²) in [6.45, 7) is 9.59. The van der Waals surface area contributed by atoms with Gasteiger partial charge in [0.25, 0.3) is 5.91 Å². The highest BCUT2D eigenvalue weighted by Gasteiger charge is 2.39. The van der Waals surface area contributed by atoms with E-state index in [4.69, 9.17) is 16.3 Å². The molecule has 0 aromatic heterocycles. The fourth-order valence-corrected chi connectivity index (χ4v) is 9.64. The number of thiol groups is 1. The number of hydrogen-bond donors (Lipinski definition) is 3. The number of rotatable bonds is 17. The maximum atomic E-state index is 13.7. The van der Waals surface area contributed by atoms with E-state index in [1.165, 1.54) is 0 Å². The predicted octanol–water partition coefficient (Wildman–Crippen LogP) is 7.98. The lowest BCUT2D eigenvalue weighted by atomic mass is 9.70. The molecule has 2 fully saturated rings. The van der Waals surface area contributed by atoms with E-state index in [1.807, 2.05) is 25.1 Å². The van der Waals surface area contributed by atoms with Crippen molar-refractivity contribution in [1.29, 1.82) is 0 Å². The van der Waals surface area contributed by atoms with Crippen molar-refractivity contribution in [2.45, 2.75) is 88.9 Å². The Bertz CT molecular complexity index is 1590. The van der Waals surface area contributed by atoms with Crippen molar-refractivity contribution < 1.29 is 23.1 Å². The number of carbonyl (C=O) groups is 1. The Morgan fingerprint density at radius 3 is 2.67 bits per heavy atom. The van der Waals surface area contributed by atoms with Crippen LogP contribution in [0.4, 0.5) is 5.69 Å². The van der Waals surface area contributed by atoms with Crippen LogP contribution in [0.25, 0.3) is 0 Å². The van der Waals surface area contributed by atoms with Gasteiger partial charge in [0.05, 0.1) is 23.6 Å². The van der Waals surface area contributed by atoms with Gasteiger partial charge in [-0.15, -0.1) is 6.58 Å². The lowest BCUT2D eigenvalue weighted by molar-refractivity contribution is 0.0461. The first-order chi connectivity index (χ1) is 23.5. The maximum Gasteiger partial charge on any atom is 0.264 e. The highest BCUT2D eigenvalue weighted by molar-refractivity contribution is 7.90. The number of hydrogen-bond acceptors (Lipinski definition) is 7. The Morgan fingerprint density at radius 2 is 2.00 bits per heavy atom. The summed E-state index contributed by atoms with van der Waals surface area (Å²) in [5, 5.41) is 11.1. The topological polar surface area (TPSA) is 95.9 Å². The van der Waals surface area contributed by atoms with Gasteiger partial charge in [-0.1, -0.05) is 69.0 Å². The number of benzene rings is 2. The number of allylic oxidation sites excluding steroid dienone is 2. The zero-order valence-corrected chi connectivity index (χ0v) is 31.4. The molecule has 7 nitrogen and oxygen atoms in total. The van der Waals surface area contributed by atoms with Gasteiger partial charge in [0, 0.05) is 29.6 Å². The molecule has 2 N–H and O–H groups in total. The molecule has 3 aliphatic rings. The normalized spacial score (nSPS) is 22.7. The Balaban J connectivity index is 1.43. The Hall–Kier alpha value is -2.46. The summed E-state index contributed by atoms with van der Waals surface area (Å²) in [6, 6.07) is 11.2. The molecule has 5 rings (SSSR count). The van der Waals surface area contributed by atoms with Crippen LogP contribution in [0.2, 0.25) is 5.02 Å². The molecule has 0 bridgehead atoms. The van der Waals surface area contributed by atoms with Crippen LogP contribution in [0.15, 0.2) is 61.2 Å². The van der Waals surface area contributed by atoms with Gasteiger partial charge in [-0.3, -0.25) is 4.79 Å². The molecule has 268 valence electrons. The van der Waals surface area contributed by atoms with Gasteiger partial charge in [0.15, 0.2) is 0 Å². The van der Waals surface area contributed by atoms with Gasteiger partial charge in [-0.05, 0) is 109 Å². The monoisotopic (exact) mass is 728 g/mol. The van der Waals surface area contributed by atoms with E-state index in [-0.39, 0.29) is 29.2 Å². The quantitative estimate of drug-likeness (QED) is 0.113. The number of aliphatic hydroxyl groups is 1. The molecule has 0 radical (unpaired) electrons. The molecule has 2 saturated carbocycles. The largest absolute Gasteiger partial charge is 0.491 e. The third kappa shape index (κ3) is 9.66. The molecule has 0 spiro atoms. The molecule has 1 aliphatic heterocycles. The van der Waals surface area contributed by atoms with E-state index in [0.717, 1.165) is 61.8 Å². The van der Waals surface area contributed by atoms with E-state index in [9.17, 15) is 18.3 Å². The minimum absolute atomic E-state index is 0.0136. The third-order valence-electron chi connectivity index (χ3n) is 10.6. The molecule has 10 heteroatoms. The van der Waals surface area contributed by atoms with Crippen molar-refractivity contribution in [3.05, 3.63) is 82.9 Å². The second kappa shape index (κ2) is 17.2. The summed E-state index contributed by atoms with van der Waals surface area (Å²) >= 11 is 10.9. The summed E-state index contributed by atoms with van der Waals surface area (Å²) < 4.78 is 36.2. The zero-order chi connectivity index (χ0) is 35.1. The molecule has 5 unspecified atom stereocenters. The number of amides is 1. The van der Waals surface area contributed by atoms with Crippen molar-refractivity contribution in [2.75, 3.05) is 30.3 Å². The van der Waals surface area contributed by atoms with Gasteiger partial charge in [-0.25, -0.2) is 13.1 Å². The Labute approximate surface area is 304 Å². The molecule has 0 saturated heterocycles. The molecule has 1 amide bonds. The second-order valence-electron chi connectivity index (χ2n) is 14.3. The van der Waals surface area contributed by atoms with Gasteiger partial charge < -0.3 is 14.7 Å². The number of aliphatic hydroxyl groups excluding tert-OH is 1. The van der Waals surface area contributed by atoms with Gasteiger partial charge >= 0.3 is 0 Å². The van der Waals surface area contributed by atoms with Crippen LogP contribution in [0.3, 0.4) is 0 Å². The number of nitrogens with one attached hydrogen (secondary N) is 1. The van der Waals surface area contributed by atoms with Crippen LogP contribution in [0, 0.1) is 23.7 Å². The van der Waals surface area contributed by atoms with E-state index in [2.05, 4.69) is 47.9 Å². The molecule has 2 aromatic carbocycles. The summed E-state index contributed by atoms with van der Waals surface area (Å²) in [7, 11) is -3.93. The van der Waals surface area contributed by atoms with Crippen LogP contribution in [0.5, 0.6) is 5.75 Å². The van der Waals surface area contributed by atoms with Crippen molar-refractivity contribution in [3.8, 4) is 5.75 Å². The van der Waals surface area contributed by atoms with E-state index >= 15 is 0 Å². The van der Waals surface area contributed by atoms with E-state index in [1.54, 1.807) is 24.3 Å². The van der Waals surface area contributed by atoms with E-state index in [0.29, 0.717) is 55.0 Å². The van der Waals surface area contributed by atoms with Crippen LogP contribution in [-0.2, 0) is 16.4 Å². The molecule has 1 heterocycles. The summed E-state index contributed by atoms with van der Waals surface area (Å²) in [4.78, 5) is 16.0. The molecular weight excluding hydrogens is 676 g/mol. The average Bonchev–Trinajstić information content (AvgIpc) is 3.89. The molecule has 2 aliphatic carbocycles. The zero-order valence-electron chi connectivity index (χ0n) is 28.9. The summed E-state index contributed by atoms with van der Waals surface area (Å²) in [6.07, 6.45) is 13.1. The van der Waals surface area contributed by atoms with Crippen molar-refractivity contribution in [2.24, 2.45) is 23.7 Å². The number of ether oxygens (including phenoxy) is 1. The Morgan fingerprint density at radius 1 is 1.20 bits per heavy atom. The lowest BCUT2D eigenvalue weighted by Gasteiger charge is -2.42. The molecule has 6 atom stereocenters. The predicted molar refractivity (Wildman–Crippen MR) is 204 cm³/mol. The second-order valence-corrected chi connectivity index (χ2v) is 17.1. The first-order valence-corrected chi connectivity index (χ1v) is 20.5. The smallest absolute Gasteiger partial charge is 0.264 e. The highest BCUT2D eigenvalue weighted by Crippen LogP contribution is 2.43. The first-order valence-electron chi connectivity index (χ1n) is 18.0. The first kappa shape index (κ1) is 37.8. The number of sulfonamides is 1. The van der Waals surface area contributed by atoms with E-state index < -0.39 is 27.3 Å². The van der Waals surface area contributed by atoms with Crippen molar-refractivity contribution >= 4 is 45.8 Å². The number of unbranched alkanes of at least 4 members (excludes halogenated alkanes) is 1. The maximum absolute atomic E-state index is 13.7. The summed E-state index contributed by atoms with van der Waals surface area (Å²) in [5.41, 5.74) is 3.32. The number of halogens is 1. The van der Waals surface area contributed by atoms with Crippen molar-refractivity contribution in [1.82, 2.24) is 4.72 Å².